The second-order valence-electron chi connectivity index (χ2n) is 6.61. The average Bonchev–Trinajstić information content (AvgIpc) is 2.84. The Bertz CT molecular complexity index is 494. The molecule has 2 fully saturated rings. The summed E-state index contributed by atoms with van der Waals surface area (Å²) in [5.41, 5.74) is 1.58. The maximum Gasteiger partial charge on any atom is 0.222 e. The molecule has 0 aromatic carbocycles. The van der Waals surface area contributed by atoms with E-state index in [-0.39, 0.29) is 5.41 Å². The smallest absolute Gasteiger partial charge is 0.222 e. The molecule has 0 bridgehead atoms. The third-order valence-corrected chi connectivity index (χ3v) is 4.42. The number of rotatable bonds is 3. The highest BCUT2D eigenvalue weighted by Crippen LogP contribution is 2.65. The lowest BCUT2D eigenvalue weighted by Crippen LogP contribution is -1.97. The van der Waals surface area contributed by atoms with Crippen molar-refractivity contribution in [3.05, 3.63) is 23.4 Å². The second-order valence-corrected chi connectivity index (χ2v) is 6.61. The molecule has 4 heteroatoms. The SMILES string of the molecule is CC(C)=C[C@@H]1[C@@H](c2nnc([C@@H]3CCOC3)o2)C1(C)C. The van der Waals surface area contributed by atoms with Crippen LogP contribution in [0.25, 0.3) is 0 Å². The van der Waals surface area contributed by atoms with Gasteiger partial charge in [0.15, 0.2) is 0 Å². The van der Waals surface area contributed by atoms with Gasteiger partial charge >= 0.3 is 0 Å². The molecule has 1 aliphatic carbocycles. The van der Waals surface area contributed by atoms with Crippen LogP contribution in [0.5, 0.6) is 0 Å². The quantitative estimate of drug-likeness (QED) is 0.784. The maximum atomic E-state index is 5.91. The van der Waals surface area contributed by atoms with Crippen LogP contribution in [0.3, 0.4) is 0 Å². The number of allylic oxidation sites excluding steroid dienone is 2. The van der Waals surface area contributed by atoms with E-state index in [2.05, 4.69) is 44.0 Å². The average molecular weight is 262 g/mol. The summed E-state index contributed by atoms with van der Waals surface area (Å²) in [4.78, 5) is 0. The van der Waals surface area contributed by atoms with E-state index in [0.29, 0.717) is 24.4 Å². The standard InChI is InChI=1S/C15H22N2O2/c1-9(2)7-11-12(15(11,3)4)14-17-16-13(19-14)10-5-6-18-8-10/h7,10-12H,5-6,8H2,1-4H3/t10-,11-,12+/m1/s1. The first-order valence-electron chi connectivity index (χ1n) is 7.06. The predicted octanol–water partition coefficient (Wildman–Crippen LogP) is 3.28. The van der Waals surface area contributed by atoms with Crippen LogP contribution in [0, 0.1) is 11.3 Å². The van der Waals surface area contributed by atoms with Gasteiger partial charge < -0.3 is 9.15 Å². The molecule has 1 saturated heterocycles. The van der Waals surface area contributed by atoms with Gasteiger partial charge in [0.1, 0.15) is 0 Å². The molecule has 0 radical (unpaired) electrons. The third kappa shape index (κ3) is 2.22. The minimum Gasteiger partial charge on any atom is -0.425 e. The Labute approximate surface area is 114 Å². The van der Waals surface area contributed by atoms with E-state index in [0.717, 1.165) is 24.8 Å². The van der Waals surface area contributed by atoms with E-state index in [1.54, 1.807) is 0 Å². The van der Waals surface area contributed by atoms with Crippen LogP contribution in [0.4, 0.5) is 0 Å². The molecule has 0 spiro atoms. The van der Waals surface area contributed by atoms with Crippen molar-refractivity contribution in [2.24, 2.45) is 11.3 Å². The Morgan fingerprint density at radius 2 is 2.00 bits per heavy atom. The van der Waals surface area contributed by atoms with E-state index in [9.17, 15) is 0 Å². The Morgan fingerprint density at radius 3 is 2.63 bits per heavy atom. The molecule has 1 aliphatic heterocycles. The van der Waals surface area contributed by atoms with Gasteiger partial charge in [-0.15, -0.1) is 10.2 Å². The van der Waals surface area contributed by atoms with Crippen LogP contribution in [-0.2, 0) is 4.74 Å². The number of nitrogens with zero attached hydrogens (tertiary/aromatic N) is 2. The van der Waals surface area contributed by atoms with Gasteiger partial charge in [-0.1, -0.05) is 25.5 Å². The van der Waals surface area contributed by atoms with Crippen molar-refractivity contribution in [2.75, 3.05) is 13.2 Å². The topological polar surface area (TPSA) is 48.2 Å². The Balaban J connectivity index is 1.78. The number of hydrogen-bond acceptors (Lipinski definition) is 4. The lowest BCUT2D eigenvalue weighted by Gasteiger charge is -1.99. The fraction of sp³-hybridized carbons (Fsp3) is 0.733. The van der Waals surface area contributed by atoms with Crippen LogP contribution in [0.15, 0.2) is 16.1 Å². The molecule has 0 N–H and O–H groups in total. The number of hydrogen-bond donors (Lipinski definition) is 0. The maximum absolute atomic E-state index is 5.91. The summed E-state index contributed by atoms with van der Waals surface area (Å²) in [7, 11) is 0. The lowest BCUT2D eigenvalue weighted by atomic mass is 10.1. The predicted molar refractivity (Wildman–Crippen MR) is 71.9 cm³/mol. The molecule has 3 atom stereocenters. The molecule has 1 aromatic rings. The first-order chi connectivity index (χ1) is 9.00. The lowest BCUT2D eigenvalue weighted by molar-refractivity contribution is 0.190. The summed E-state index contributed by atoms with van der Waals surface area (Å²) < 4.78 is 11.3. The van der Waals surface area contributed by atoms with Crippen molar-refractivity contribution in [2.45, 2.75) is 46.0 Å². The van der Waals surface area contributed by atoms with Gasteiger partial charge in [0.2, 0.25) is 11.8 Å². The van der Waals surface area contributed by atoms with Crippen LogP contribution < -0.4 is 0 Å². The molecule has 2 heterocycles. The van der Waals surface area contributed by atoms with Crippen LogP contribution in [0.1, 0.15) is 57.7 Å². The van der Waals surface area contributed by atoms with Gasteiger partial charge in [-0.25, -0.2) is 0 Å². The zero-order valence-electron chi connectivity index (χ0n) is 12.1. The summed E-state index contributed by atoms with van der Waals surface area (Å²) in [6.45, 7) is 10.3. The largest absolute Gasteiger partial charge is 0.425 e. The van der Waals surface area contributed by atoms with Crippen molar-refractivity contribution in [1.82, 2.24) is 10.2 Å². The Morgan fingerprint density at radius 1 is 1.26 bits per heavy atom. The van der Waals surface area contributed by atoms with Crippen molar-refractivity contribution < 1.29 is 9.15 Å². The second kappa shape index (κ2) is 4.44. The van der Waals surface area contributed by atoms with E-state index < -0.39 is 0 Å². The fourth-order valence-corrected chi connectivity index (χ4v) is 3.09. The molecule has 0 unspecified atom stereocenters. The summed E-state index contributed by atoms with van der Waals surface area (Å²) in [6.07, 6.45) is 3.32. The molecule has 1 aromatic heterocycles. The molecule has 3 rings (SSSR count). The van der Waals surface area contributed by atoms with Gasteiger partial charge in [0, 0.05) is 12.5 Å². The minimum atomic E-state index is 0.229. The van der Waals surface area contributed by atoms with Gasteiger partial charge in [-0.2, -0.15) is 0 Å². The molecule has 0 amide bonds. The number of ether oxygens (including phenoxy) is 1. The van der Waals surface area contributed by atoms with Gasteiger partial charge in [0.05, 0.1) is 12.5 Å². The summed E-state index contributed by atoms with van der Waals surface area (Å²) in [5.74, 6) is 2.74. The van der Waals surface area contributed by atoms with Gasteiger partial charge in [-0.3, -0.25) is 0 Å². The highest BCUT2D eigenvalue weighted by atomic mass is 16.5. The van der Waals surface area contributed by atoms with Crippen molar-refractivity contribution in [3.8, 4) is 0 Å². The molecule has 104 valence electrons. The molecule has 19 heavy (non-hydrogen) atoms. The Hall–Kier alpha value is -1.16. The summed E-state index contributed by atoms with van der Waals surface area (Å²) >= 11 is 0. The highest BCUT2D eigenvalue weighted by molar-refractivity contribution is 5.26. The molecular weight excluding hydrogens is 240 g/mol. The molecule has 4 nitrogen and oxygen atoms in total. The van der Waals surface area contributed by atoms with Crippen LogP contribution in [-0.4, -0.2) is 23.4 Å². The molecule has 1 saturated carbocycles. The zero-order chi connectivity index (χ0) is 13.6. The normalized spacial score (nSPS) is 32.3. The van der Waals surface area contributed by atoms with Crippen molar-refractivity contribution in [1.29, 1.82) is 0 Å². The van der Waals surface area contributed by atoms with E-state index in [4.69, 9.17) is 9.15 Å². The fourth-order valence-electron chi connectivity index (χ4n) is 3.09. The highest BCUT2D eigenvalue weighted by Gasteiger charge is 2.60. The van der Waals surface area contributed by atoms with Crippen LogP contribution >= 0.6 is 0 Å². The van der Waals surface area contributed by atoms with Gasteiger partial charge in [0.25, 0.3) is 0 Å². The number of aromatic nitrogens is 2. The zero-order valence-corrected chi connectivity index (χ0v) is 12.1. The summed E-state index contributed by atoms with van der Waals surface area (Å²) in [5, 5.41) is 8.50. The van der Waals surface area contributed by atoms with Crippen molar-refractivity contribution >= 4 is 0 Å². The van der Waals surface area contributed by atoms with E-state index >= 15 is 0 Å². The third-order valence-electron chi connectivity index (χ3n) is 4.42. The van der Waals surface area contributed by atoms with E-state index in [1.165, 1.54) is 5.57 Å². The summed E-state index contributed by atoms with van der Waals surface area (Å²) in [6, 6.07) is 0. The van der Waals surface area contributed by atoms with Gasteiger partial charge in [-0.05, 0) is 31.6 Å². The first kappa shape index (κ1) is 12.9. The first-order valence-corrected chi connectivity index (χ1v) is 7.06. The van der Waals surface area contributed by atoms with Crippen molar-refractivity contribution in [3.63, 3.8) is 0 Å². The van der Waals surface area contributed by atoms with Crippen LogP contribution in [0.2, 0.25) is 0 Å². The Kier molecular flexibility index (Phi) is 3.01. The van der Waals surface area contributed by atoms with E-state index in [1.807, 2.05) is 0 Å². The molecular formula is C15H22N2O2. The molecule has 2 aliphatic rings. The minimum absolute atomic E-state index is 0.229. The monoisotopic (exact) mass is 262 g/mol.